The van der Waals surface area contributed by atoms with Crippen LogP contribution in [0, 0.1) is 0 Å². The Kier molecular flexibility index (Phi) is 5.84. The molecule has 0 saturated heterocycles. The van der Waals surface area contributed by atoms with E-state index in [1.165, 1.54) is 11.2 Å². The molecule has 1 aromatic rings. The van der Waals surface area contributed by atoms with Gasteiger partial charge in [-0.1, -0.05) is 24.3 Å². The van der Waals surface area contributed by atoms with E-state index in [9.17, 15) is 4.79 Å². The van der Waals surface area contributed by atoms with Crippen LogP contribution < -0.4 is 11.6 Å². The lowest BCUT2D eigenvalue weighted by Crippen LogP contribution is -2.28. The third-order valence-corrected chi connectivity index (χ3v) is 2.39. The van der Waals surface area contributed by atoms with E-state index in [0.717, 1.165) is 11.1 Å². The van der Waals surface area contributed by atoms with Crippen LogP contribution >= 0.6 is 0 Å². The van der Waals surface area contributed by atoms with Gasteiger partial charge >= 0.3 is 5.97 Å². The van der Waals surface area contributed by atoms with Crippen LogP contribution in [0.4, 0.5) is 0 Å². The number of hydrogen-bond donors (Lipinski definition) is 3. The summed E-state index contributed by atoms with van der Waals surface area (Å²) in [6, 6.07) is 7.31. The SMILES string of the molecule is CCOC(=O)/C(N)=C/N(N)Cc1ccc(CO)cc1. The van der Waals surface area contributed by atoms with Crippen LogP contribution in [0.2, 0.25) is 0 Å². The molecule has 0 aliphatic carbocycles. The Bertz CT molecular complexity index is 443. The molecule has 0 saturated carbocycles. The molecule has 0 amide bonds. The highest BCUT2D eigenvalue weighted by Crippen LogP contribution is 2.06. The molecule has 1 aromatic carbocycles. The van der Waals surface area contributed by atoms with Crippen molar-refractivity contribution in [3.05, 3.63) is 47.3 Å². The first-order chi connectivity index (χ1) is 9.06. The summed E-state index contributed by atoms with van der Waals surface area (Å²) in [6.45, 7) is 2.36. The summed E-state index contributed by atoms with van der Waals surface area (Å²) in [5, 5.41) is 10.2. The zero-order valence-corrected chi connectivity index (χ0v) is 10.9. The van der Waals surface area contributed by atoms with E-state index in [4.69, 9.17) is 21.4 Å². The second kappa shape index (κ2) is 7.40. The average Bonchev–Trinajstić information content (AvgIpc) is 2.39. The van der Waals surface area contributed by atoms with E-state index < -0.39 is 5.97 Å². The number of carbonyl (C=O) groups is 1. The zero-order chi connectivity index (χ0) is 14.3. The zero-order valence-electron chi connectivity index (χ0n) is 10.9. The Morgan fingerprint density at radius 2 is 1.95 bits per heavy atom. The second-order valence-corrected chi connectivity index (χ2v) is 3.95. The normalized spacial score (nSPS) is 11.2. The molecule has 1 rings (SSSR count). The highest BCUT2D eigenvalue weighted by Gasteiger charge is 2.07. The molecular weight excluding hydrogens is 246 g/mol. The molecule has 5 N–H and O–H groups in total. The summed E-state index contributed by atoms with van der Waals surface area (Å²) in [5.74, 6) is 5.14. The molecule has 6 nitrogen and oxygen atoms in total. The lowest BCUT2D eigenvalue weighted by atomic mass is 10.1. The van der Waals surface area contributed by atoms with E-state index in [2.05, 4.69) is 0 Å². The average molecular weight is 265 g/mol. The number of hydrogen-bond acceptors (Lipinski definition) is 6. The van der Waals surface area contributed by atoms with Gasteiger partial charge in [0.2, 0.25) is 0 Å². The predicted octanol–water partition coefficient (Wildman–Crippen LogP) is 0.218. The number of nitrogens with zero attached hydrogens (tertiary/aromatic N) is 1. The van der Waals surface area contributed by atoms with Crippen LogP contribution in [0.5, 0.6) is 0 Å². The Morgan fingerprint density at radius 1 is 1.37 bits per heavy atom. The van der Waals surface area contributed by atoms with Crippen molar-refractivity contribution in [2.75, 3.05) is 6.61 Å². The molecule has 0 unspecified atom stereocenters. The molecular formula is C13H19N3O3. The molecule has 104 valence electrons. The number of esters is 1. The fourth-order valence-corrected chi connectivity index (χ4v) is 1.45. The third-order valence-electron chi connectivity index (χ3n) is 2.39. The number of benzene rings is 1. The van der Waals surface area contributed by atoms with Crippen molar-refractivity contribution in [2.45, 2.75) is 20.1 Å². The number of ether oxygens (including phenoxy) is 1. The van der Waals surface area contributed by atoms with Gasteiger partial charge in [-0.3, -0.25) is 0 Å². The minimum Gasteiger partial charge on any atom is -0.461 e. The van der Waals surface area contributed by atoms with Crippen molar-refractivity contribution in [1.82, 2.24) is 5.01 Å². The van der Waals surface area contributed by atoms with Crippen LogP contribution in [-0.2, 0) is 22.7 Å². The first-order valence-electron chi connectivity index (χ1n) is 5.91. The summed E-state index contributed by atoms with van der Waals surface area (Å²) in [4.78, 5) is 11.3. The van der Waals surface area contributed by atoms with E-state index >= 15 is 0 Å². The Hall–Kier alpha value is -2.05. The molecule has 0 aliphatic rings. The maximum atomic E-state index is 11.3. The van der Waals surface area contributed by atoms with Gasteiger partial charge in [0.05, 0.1) is 19.8 Å². The molecule has 0 spiro atoms. The van der Waals surface area contributed by atoms with E-state index in [-0.39, 0.29) is 18.9 Å². The third kappa shape index (κ3) is 4.99. The standard InChI is InChI=1S/C13H19N3O3/c1-2-19-13(18)12(14)8-16(15)7-10-3-5-11(9-17)6-4-10/h3-6,8,17H,2,7,9,14-15H2,1H3/b12-8-. The first-order valence-corrected chi connectivity index (χ1v) is 5.91. The quantitative estimate of drug-likeness (QED) is 0.294. The Labute approximate surface area is 112 Å². The minimum atomic E-state index is -0.589. The van der Waals surface area contributed by atoms with Crippen LogP contribution in [0.3, 0.4) is 0 Å². The lowest BCUT2D eigenvalue weighted by molar-refractivity contribution is -0.138. The van der Waals surface area contributed by atoms with Gasteiger partial charge in [0, 0.05) is 6.20 Å². The van der Waals surface area contributed by atoms with Gasteiger partial charge in [-0.05, 0) is 18.1 Å². The number of aliphatic hydroxyl groups excluding tert-OH is 1. The van der Waals surface area contributed by atoms with Crippen LogP contribution in [0.25, 0.3) is 0 Å². The highest BCUT2D eigenvalue weighted by molar-refractivity contribution is 5.87. The summed E-state index contributed by atoms with van der Waals surface area (Å²) < 4.78 is 4.74. The van der Waals surface area contributed by atoms with E-state index in [1.54, 1.807) is 6.92 Å². The number of aliphatic hydroxyl groups is 1. The fourth-order valence-electron chi connectivity index (χ4n) is 1.45. The Morgan fingerprint density at radius 3 is 2.47 bits per heavy atom. The topological polar surface area (TPSA) is 102 Å². The molecule has 0 aromatic heterocycles. The molecule has 6 heteroatoms. The maximum Gasteiger partial charge on any atom is 0.355 e. The fraction of sp³-hybridized carbons (Fsp3) is 0.308. The van der Waals surface area contributed by atoms with Crippen LogP contribution in [0.1, 0.15) is 18.1 Å². The van der Waals surface area contributed by atoms with E-state index in [1.807, 2.05) is 24.3 Å². The summed E-state index contributed by atoms with van der Waals surface area (Å²) in [6.07, 6.45) is 1.33. The minimum absolute atomic E-state index is 0.00231. The van der Waals surface area contributed by atoms with Crippen molar-refractivity contribution < 1.29 is 14.6 Å². The maximum absolute atomic E-state index is 11.3. The van der Waals surface area contributed by atoms with Gasteiger partial charge in [-0.25, -0.2) is 10.6 Å². The van der Waals surface area contributed by atoms with Crippen LogP contribution in [0.15, 0.2) is 36.2 Å². The highest BCUT2D eigenvalue weighted by atomic mass is 16.5. The molecule has 19 heavy (non-hydrogen) atoms. The van der Waals surface area contributed by atoms with Crippen molar-refractivity contribution in [3.8, 4) is 0 Å². The van der Waals surface area contributed by atoms with Gasteiger partial charge in [0.1, 0.15) is 5.70 Å². The van der Waals surface area contributed by atoms with Crippen molar-refractivity contribution >= 4 is 5.97 Å². The molecule has 0 aliphatic heterocycles. The van der Waals surface area contributed by atoms with Gasteiger partial charge in [0.15, 0.2) is 0 Å². The second-order valence-electron chi connectivity index (χ2n) is 3.95. The monoisotopic (exact) mass is 265 g/mol. The largest absolute Gasteiger partial charge is 0.461 e. The van der Waals surface area contributed by atoms with Crippen molar-refractivity contribution in [3.63, 3.8) is 0 Å². The van der Waals surface area contributed by atoms with Gasteiger partial charge in [-0.2, -0.15) is 0 Å². The van der Waals surface area contributed by atoms with E-state index in [0.29, 0.717) is 6.54 Å². The van der Waals surface area contributed by atoms with Crippen molar-refractivity contribution in [1.29, 1.82) is 0 Å². The number of hydrazine groups is 1. The molecule has 0 bridgehead atoms. The predicted molar refractivity (Wildman–Crippen MR) is 71.0 cm³/mol. The summed E-state index contributed by atoms with van der Waals surface area (Å²) in [7, 11) is 0. The van der Waals surface area contributed by atoms with Gasteiger partial charge in [-0.15, -0.1) is 0 Å². The molecule has 0 atom stereocenters. The smallest absolute Gasteiger partial charge is 0.355 e. The summed E-state index contributed by atoms with van der Waals surface area (Å²) >= 11 is 0. The van der Waals surface area contributed by atoms with Gasteiger partial charge < -0.3 is 20.6 Å². The first kappa shape index (κ1) is 15.0. The number of nitrogens with two attached hydrogens (primary N) is 2. The molecule has 0 radical (unpaired) electrons. The molecule has 0 fully saturated rings. The number of carbonyl (C=O) groups excluding carboxylic acids is 1. The summed E-state index contributed by atoms with van der Waals surface area (Å²) in [5.41, 5.74) is 7.26. The van der Waals surface area contributed by atoms with Crippen molar-refractivity contribution in [2.24, 2.45) is 11.6 Å². The van der Waals surface area contributed by atoms with Gasteiger partial charge in [0.25, 0.3) is 0 Å². The Balaban J connectivity index is 2.60. The lowest BCUT2D eigenvalue weighted by Gasteiger charge is -2.14. The van der Waals surface area contributed by atoms with Crippen LogP contribution in [-0.4, -0.2) is 22.7 Å². The molecule has 0 heterocycles. The number of rotatable bonds is 6.